The van der Waals surface area contributed by atoms with E-state index in [1.807, 2.05) is 62.3 Å². The molecule has 10 unspecified atom stereocenters. The molecule has 0 N–H and O–H groups in total. The van der Waals surface area contributed by atoms with Crippen LogP contribution in [0.3, 0.4) is 0 Å². The Bertz CT molecular complexity index is 1250. The molecule has 10 heteroatoms. The van der Waals surface area contributed by atoms with Crippen molar-refractivity contribution in [1.82, 2.24) is 4.90 Å². The van der Waals surface area contributed by atoms with E-state index in [0.29, 0.717) is 41.3 Å². The maximum Gasteiger partial charge on any atom is 0.163 e. The smallest absolute Gasteiger partial charge is 0.163 e. The van der Waals surface area contributed by atoms with Crippen molar-refractivity contribution < 1.29 is 38.0 Å². The van der Waals surface area contributed by atoms with Gasteiger partial charge in [-0.05, 0) is 187 Å². The van der Waals surface area contributed by atoms with Crippen molar-refractivity contribution in [3.63, 3.8) is 0 Å². The fourth-order valence-electron chi connectivity index (χ4n) is 11.8. The molecule has 80 heavy (non-hydrogen) atoms. The number of rotatable bonds is 4. The normalized spacial score (nSPS) is 31.9. The molecule has 8 aliphatic heterocycles. The van der Waals surface area contributed by atoms with E-state index in [1.54, 1.807) is 0 Å². The molecule has 8 saturated heterocycles. The number of likely N-dealkylation sites (tertiary alicyclic amines) is 1. The highest BCUT2D eigenvalue weighted by molar-refractivity contribution is 8.00. The Balaban J connectivity index is 0. The van der Waals surface area contributed by atoms with Crippen LogP contribution in [0.25, 0.3) is 0 Å². The Hall–Kier alpha value is -0.300. The molecule has 9 nitrogen and oxygen atoms in total. The fraction of sp³-hybridized carbons (Fsp3) is 0.957. The van der Waals surface area contributed by atoms with E-state index in [-0.39, 0.29) is 17.3 Å². The van der Waals surface area contributed by atoms with Gasteiger partial charge in [-0.3, -0.25) is 4.79 Å². The highest BCUT2D eigenvalue weighted by Crippen LogP contribution is 2.65. The lowest BCUT2D eigenvalue weighted by atomic mass is 9.67. The van der Waals surface area contributed by atoms with Crippen molar-refractivity contribution in [2.45, 2.75) is 327 Å². The quantitative estimate of drug-likeness (QED) is 0.254. The van der Waals surface area contributed by atoms with E-state index in [9.17, 15) is 4.79 Å². The topological polar surface area (TPSA) is 84.9 Å². The number of carbonyl (C=O) groups is 1. The van der Waals surface area contributed by atoms with Crippen molar-refractivity contribution in [2.24, 2.45) is 34.5 Å². The standard InChI is InChI=1S/C11H18O.C7H13.C6H13N.C6H12O2.C6H11O.2C6H12O.C6H12S.2C5H10O.3C2H6/c1-4-11-6-5-8(7-9(11)12)10(11,2)3;1-7-5-3-2-4-6-7;1-6-4-3-5-7(6)2;1-5-4-7-6(2,3)8-5;1-6-3-2-4-7-5-6;3*1-2-6-4-3-5-7-6;1-5-2-3-6-4-5;1-5-3-2-4-6-5;3*1-2/h8H,4-7H2,1-3H3;7H,1-6H2;6H,3-5H2,1-2H3;5H,4H2,1-3H3;6H,1-5H2;3*6H,2-5H2,1H3;2*5H,2-4H2,1H3;3*1-2H3/q;-1;;;-1;;;;;;;;. The maximum atomic E-state index is 11.8. The average molecular weight is 1160 g/mol. The van der Waals surface area contributed by atoms with Crippen LogP contribution >= 0.6 is 11.8 Å². The van der Waals surface area contributed by atoms with E-state index in [0.717, 1.165) is 95.2 Å². The van der Waals surface area contributed by atoms with Gasteiger partial charge in [0.05, 0.1) is 31.0 Å². The Kier molecular flexibility index (Phi) is 51.9. The van der Waals surface area contributed by atoms with Gasteiger partial charge in [0, 0.05) is 69.4 Å². The first-order valence-corrected chi connectivity index (χ1v) is 35.2. The zero-order valence-electron chi connectivity index (χ0n) is 57.1. The largest absolute Gasteiger partial charge is 0.384 e. The van der Waals surface area contributed by atoms with Gasteiger partial charge in [0.2, 0.25) is 0 Å². The van der Waals surface area contributed by atoms with Crippen LogP contribution in [0.1, 0.15) is 285 Å². The molecule has 2 bridgehead atoms. The first-order chi connectivity index (χ1) is 38.3. The second-order valence-electron chi connectivity index (χ2n) is 24.6. The van der Waals surface area contributed by atoms with Gasteiger partial charge in [-0.25, -0.2) is 0 Å². The van der Waals surface area contributed by atoms with Gasteiger partial charge in [-0.1, -0.05) is 129 Å². The molecule has 3 saturated carbocycles. The summed E-state index contributed by atoms with van der Waals surface area (Å²) in [7, 11) is 2.19. The second-order valence-corrected chi connectivity index (χ2v) is 26.0. The number of nitrogens with zero attached hydrogens (tertiary/aromatic N) is 1. The minimum absolute atomic E-state index is 0.0671. The number of ether oxygens (including phenoxy) is 7. The summed E-state index contributed by atoms with van der Waals surface area (Å²) < 4.78 is 36.5. The van der Waals surface area contributed by atoms with Crippen molar-refractivity contribution in [1.29, 1.82) is 0 Å². The molecule has 8 heterocycles. The Morgan fingerprint density at radius 2 is 1.12 bits per heavy atom. The van der Waals surface area contributed by atoms with Crippen molar-refractivity contribution >= 4 is 17.5 Å². The third-order valence-corrected chi connectivity index (χ3v) is 19.1. The predicted molar refractivity (Wildman–Crippen MR) is 349 cm³/mol. The highest BCUT2D eigenvalue weighted by atomic mass is 32.2. The molecule has 0 aromatic carbocycles. The third-order valence-electron chi connectivity index (χ3n) is 17.5. The summed E-state index contributed by atoms with van der Waals surface area (Å²) in [5.41, 5.74) is 0.358. The number of Topliss-reactive ketones (excluding diaryl/α,β-unsaturated/α-hetero) is 1. The van der Waals surface area contributed by atoms with E-state index < -0.39 is 0 Å². The average Bonchev–Trinajstić information content (AvgIpc) is 4.37. The fourth-order valence-corrected chi connectivity index (χ4v) is 13.1. The van der Waals surface area contributed by atoms with Crippen LogP contribution in [0, 0.1) is 48.3 Å². The molecule has 11 fully saturated rings. The molecule has 10 atom stereocenters. The van der Waals surface area contributed by atoms with Gasteiger partial charge in [0.15, 0.2) is 5.79 Å². The summed E-state index contributed by atoms with van der Waals surface area (Å²) in [4.78, 5) is 14.2. The summed E-state index contributed by atoms with van der Waals surface area (Å²) >= 11 is 2.14. The predicted octanol–water partition coefficient (Wildman–Crippen LogP) is 19.4. The molecular weight excluding hydrogens is 1010 g/mol. The van der Waals surface area contributed by atoms with Gasteiger partial charge < -0.3 is 51.9 Å². The van der Waals surface area contributed by atoms with Crippen LogP contribution in [0.4, 0.5) is 0 Å². The number of carbonyl (C=O) groups excluding carboxylic acids is 1. The second kappa shape index (κ2) is 50.8. The monoisotopic (exact) mass is 1160 g/mol. The van der Waals surface area contributed by atoms with Crippen LogP contribution in [0.2, 0.25) is 0 Å². The molecule has 482 valence electrons. The number of hydrogen-bond donors (Lipinski definition) is 0. The zero-order chi connectivity index (χ0) is 60.8. The van der Waals surface area contributed by atoms with Gasteiger partial charge in [-0.2, -0.15) is 17.7 Å². The first-order valence-electron chi connectivity index (χ1n) is 34.2. The summed E-state index contributed by atoms with van der Waals surface area (Å²) in [5, 5.41) is 1.01. The number of hydrogen-bond acceptors (Lipinski definition) is 10. The number of ketones is 1. The Morgan fingerprint density at radius 3 is 1.31 bits per heavy atom. The van der Waals surface area contributed by atoms with E-state index in [4.69, 9.17) is 33.2 Å². The molecule has 0 aromatic heterocycles. The lowest BCUT2D eigenvalue weighted by molar-refractivity contribution is -0.136. The van der Waals surface area contributed by atoms with Crippen LogP contribution in [-0.2, 0) is 38.0 Å². The number of fused-ring (bicyclic) bond motifs is 2. The lowest BCUT2D eigenvalue weighted by Gasteiger charge is -2.35. The molecule has 0 amide bonds. The first kappa shape index (κ1) is 81.8. The molecule has 11 rings (SSSR count). The van der Waals surface area contributed by atoms with Crippen LogP contribution < -0.4 is 0 Å². The zero-order valence-corrected chi connectivity index (χ0v) is 57.9. The summed E-state index contributed by atoms with van der Waals surface area (Å²) in [5.74, 6) is 4.49. The molecule has 0 radical (unpaired) electrons. The van der Waals surface area contributed by atoms with Gasteiger partial charge in [0.25, 0.3) is 0 Å². The highest BCUT2D eigenvalue weighted by Gasteiger charge is 2.62. The van der Waals surface area contributed by atoms with Crippen LogP contribution in [-0.4, -0.2) is 124 Å². The lowest BCUT2D eigenvalue weighted by Crippen LogP contribution is -2.34. The van der Waals surface area contributed by atoms with Crippen molar-refractivity contribution in [3.05, 3.63) is 13.8 Å². The van der Waals surface area contributed by atoms with E-state index in [2.05, 4.69) is 99.9 Å². The SMILES string of the molecule is CC.CC.CC.CC1CCCN1C.CC1CCCO1.CC1CCOC1.CC1COC(C)(C)O1.CCC12CCC(CC1=O)C2(C)C.CCC1CCCO1.CCC1CCCO1.CCC1CCCS1.[CH2-]C1CCCCC1.[CH2-]C1CCCOC1. The third kappa shape index (κ3) is 36.6. The van der Waals surface area contributed by atoms with Crippen molar-refractivity contribution in [2.75, 3.05) is 72.2 Å². The Morgan fingerprint density at radius 1 is 0.562 bits per heavy atom. The molecule has 3 aliphatic carbocycles. The molecular formula is C70H141NO8S-2. The summed E-state index contributed by atoms with van der Waals surface area (Å²) in [6, 6.07) is 0.847. The van der Waals surface area contributed by atoms with E-state index in [1.165, 1.54) is 154 Å². The summed E-state index contributed by atoms with van der Waals surface area (Å²) in [6.07, 6.45) is 34.3. The van der Waals surface area contributed by atoms with Gasteiger partial charge in [-0.15, -0.1) is 5.92 Å². The molecule has 0 aromatic rings. The molecule has 0 spiro atoms. The summed E-state index contributed by atoms with van der Waals surface area (Å²) in [6.45, 7) is 54.6. The van der Waals surface area contributed by atoms with E-state index >= 15 is 0 Å². The minimum atomic E-state index is -0.334. The van der Waals surface area contributed by atoms with Gasteiger partial charge >= 0.3 is 0 Å². The number of thioether (sulfide) groups is 1. The van der Waals surface area contributed by atoms with Crippen LogP contribution in [0.15, 0.2) is 0 Å². The maximum absolute atomic E-state index is 11.8. The van der Waals surface area contributed by atoms with Crippen LogP contribution in [0.5, 0.6) is 0 Å². The Labute approximate surface area is 505 Å². The van der Waals surface area contributed by atoms with Gasteiger partial charge in [0.1, 0.15) is 5.78 Å². The minimum Gasteiger partial charge on any atom is -0.384 e. The van der Waals surface area contributed by atoms with Crippen molar-refractivity contribution in [3.8, 4) is 0 Å². The molecule has 11 aliphatic rings.